The maximum atomic E-state index is 4.75. The zero-order valence-electron chi connectivity index (χ0n) is 14.9. The number of aliphatic imine (C=N–C) groups is 2. The van der Waals surface area contributed by atoms with Crippen LogP contribution in [-0.2, 0) is 0 Å². The van der Waals surface area contributed by atoms with Crippen molar-refractivity contribution in [1.29, 1.82) is 0 Å². The summed E-state index contributed by atoms with van der Waals surface area (Å²) in [6.07, 6.45) is 7.99. The molecule has 20 heavy (non-hydrogen) atoms. The second-order valence-corrected chi connectivity index (χ2v) is 7.70. The molecule has 0 spiro atoms. The number of hydrogen-bond acceptors (Lipinski definition) is 2. The Morgan fingerprint density at radius 3 is 2.15 bits per heavy atom. The molecule has 0 radical (unpaired) electrons. The van der Waals surface area contributed by atoms with E-state index >= 15 is 0 Å². The summed E-state index contributed by atoms with van der Waals surface area (Å²) in [5, 5.41) is 0. The highest BCUT2D eigenvalue weighted by atomic mass is 14.8. The Labute approximate surface area is 127 Å². The molecule has 0 rings (SSSR count). The lowest BCUT2D eigenvalue weighted by Gasteiger charge is -2.27. The zero-order chi connectivity index (χ0) is 15.8. The van der Waals surface area contributed by atoms with E-state index in [9.17, 15) is 0 Å². The van der Waals surface area contributed by atoms with E-state index in [2.05, 4.69) is 66.4 Å². The van der Waals surface area contributed by atoms with Crippen LogP contribution in [0.15, 0.2) is 9.98 Å². The molecule has 0 saturated carbocycles. The van der Waals surface area contributed by atoms with Gasteiger partial charge >= 0.3 is 0 Å². The molecular formula is C18H36N2. The van der Waals surface area contributed by atoms with Crippen LogP contribution in [0.3, 0.4) is 0 Å². The Morgan fingerprint density at radius 1 is 1.05 bits per heavy atom. The molecule has 0 aromatic rings. The molecule has 2 heteroatoms. The van der Waals surface area contributed by atoms with Crippen molar-refractivity contribution in [3.63, 3.8) is 0 Å². The Kier molecular flexibility index (Phi) is 8.30. The fraction of sp³-hybridized carbons (Fsp3) is 0.889. The molecule has 0 amide bonds. The fourth-order valence-electron chi connectivity index (χ4n) is 2.04. The van der Waals surface area contributed by atoms with Gasteiger partial charge in [0.25, 0.3) is 0 Å². The number of nitrogens with zero attached hydrogens (tertiary/aromatic N) is 2. The summed E-state index contributed by atoms with van der Waals surface area (Å²) in [6, 6.07) is 0. The normalized spacial score (nSPS) is 15.0. The maximum Gasteiger partial charge on any atom is 0.0570 e. The van der Waals surface area contributed by atoms with Crippen LogP contribution < -0.4 is 0 Å². The van der Waals surface area contributed by atoms with Crippen molar-refractivity contribution in [3.05, 3.63) is 0 Å². The fourth-order valence-corrected chi connectivity index (χ4v) is 2.04. The minimum absolute atomic E-state index is 0.00627. The van der Waals surface area contributed by atoms with Crippen LogP contribution in [0.1, 0.15) is 80.6 Å². The van der Waals surface area contributed by atoms with E-state index in [1.54, 1.807) is 0 Å². The molecule has 0 saturated heterocycles. The summed E-state index contributed by atoms with van der Waals surface area (Å²) in [5.74, 6) is 1.33. The minimum atomic E-state index is -0.00627. The first-order valence-corrected chi connectivity index (χ1v) is 8.12. The average molecular weight is 280 g/mol. The summed E-state index contributed by atoms with van der Waals surface area (Å²) in [4.78, 5) is 8.96. The summed E-state index contributed by atoms with van der Waals surface area (Å²) in [6.45, 7) is 19.3. The predicted molar refractivity (Wildman–Crippen MR) is 93.3 cm³/mol. The highest BCUT2D eigenvalue weighted by molar-refractivity contribution is 5.57. The third-order valence-corrected chi connectivity index (χ3v) is 4.36. The van der Waals surface area contributed by atoms with E-state index in [1.807, 2.05) is 0 Å². The van der Waals surface area contributed by atoms with E-state index in [4.69, 9.17) is 4.99 Å². The molecule has 1 unspecified atom stereocenters. The number of hydrogen-bond donors (Lipinski definition) is 0. The maximum absolute atomic E-state index is 4.75. The van der Waals surface area contributed by atoms with Gasteiger partial charge in [0.2, 0.25) is 0 Å². The molecule has 0 aromatic heterocycles. The van der Waals surface area contributed by atoms with Gasteiger partial charge in [0.15, 0.2) is 0 Å². The van der Waals surface area contributed by atoms with Gasteiger partial charge in [-0.2, -0.15) is 0 Å². The lowest BCUT2D eigenvalue weighted by Crippen LogP contribution is -2.26. The molecule has 0 aliphatic heterocycles. The molecule has 118 valence electrons. The number of unbranched alkanes of at least 4 members (excludes halogenated alkanes) is 1. The summed E-state index contributed by atoms with van der Waals surface area (Å²) >= 11 is 0. The van der Waals surface area contributed by atoms with E-state index in [-0.39, 0.29) is 11.1 Å². The molecule has 0 aliphatic carbocycles. The number of rotatable bonds is 10. The quantitative estimate of drug-likeness (QED) is 0.370. The smallest absolute Gasteiger partial charge is 0.0570 e. The second kappa shape index (κ2) is 8.59. The first kappa shape index (κ1) is 19.3. The molecule has 0 aromatic carbocycles. The van der Waals surface area contributed by atoms with Crippen molar-refractivity contribution in [3.8, 4) is 0 Å². The van der Waals surface area contributed by atoms with Crippen molar-refractivity contribution >= 4 is 12.9 Å². The predicted octanol–water partition coefficient (Wildman–Crippen LogP) is 5.56. The molecule has 2 nitrogen and oxygen atoms in total. The summed E-state index contributed by atoms with van der Waals surface area (Å²) < 4.78 is 0. The molecule has 0 fully saturated rings. The van der Waals surface area contributed by atoms with Gasteiger partial charge in [-0.3, -0.25) is 9.98 Å². The van der Waals surface area contributed by atoms with Crippen LogP contribution in [0.2, 0.25) is 0 Å². The van der Waals surface area contributed by atoms with Gasteiger partial charge in [0, 0.05) is 0 Å². The van der Waals surface area contributed by atoms with Gasteiger partial charge in [0.1, 0.15) is 0 Å². The average Bonchev–Trinajstić information content (AvgIpc) is 2.35. The highest BCUT2D eigenvalue weighted by Crippen LogP contribution is 2.25. The van der Waals surface area contributed by atoms with Crippen molar-refractivity contribution in [1.82, 2.24) is 0 Å². The Morgan fingerprint density at radius 2 is 1.65 bits per heavy atom. The Hall–Kier alpha value is -0.660. The van der Waals surface area contributed by atoms with Crippen LogP contribution in [0.4, 0.5) is 0 Å². The van der Waals surface area contributed by atoms with E-state index < -0.39 is 0 Å². The van der Waals surface area contributed by atoms with Gasteiger partial charge in [-0.1, -0.05) is 20.8 Å². The minimum Gasteiger partial charge on any atom is -0.295 e. The first-order valence-electron chi connectivity index (χ1n) is 8.12. The molecule has 0 aliphatic rings. The molecule has 0 N–H and O–H groups in total. The van der Waals surface area contributed by atoms with E-state index in [0.717, 1.165) is 12.3 Å². The van der Waals surface area contributed by atoms with Gasteiger partial charge in [-0.15, -0.1) is 0 Å². The van der Waals surface area contributed by atoms with Crippen LogP contribution in [0.25, 0.3) is 0 Å². The van der Waals surface area contributed by atoms with Crippen molar-refractivity contribution < 1.29 is 0 Å². The third kappa shape index (κ3) is 8.50. The summed E-state index contributed by atoms with van der Waals surface area (Å²) in [7, 11) is 0. The molecular weight excluding hydrogens is 244 g/mol. The lowest BCUT2D eigenvalue weighted by atomic mass is 9.86. The third-order valence-electron chi connectivity index (χ3n) is 4.36. The standard InChI is InChI=1S/C18H36N2/c1-15(2)12-13-17(4,5)20-14-10-9-11-16(3)18(6,7)19-8/h14-16H,8-13H2,1-7H3/b20-14+. The topological polar surface area (TPSA) is 24.7 Å². The molecule has 0 heterocycles. The van der Waals surface area contributed by atoms with Crippen LogP contribution in [0, 0.1) is 11.8 Å². The van der Waals surface area contributed by atoms with Crippen molar-refractivity contribution in [2.45, 2.75) is 91.6 Å². The van der Waals surface area contributed by atoms with Gasteiger partial charge < -0.3 is 0 Å². The van der Waals surface area contributed by atoms with Crippen LogP contribution >= 0.6 is 0 Å². The van der Waals surface area contributed by atoms with E-state index in [1.165, 1.54) is 25.7 Å². The Bertz CT molecular complexity index is 301. The van der Waals surface area contributed by atoms with Crippen LogP contribution in [0.5, 0.6) is 0 Å². The Balaban J connectivity index is 3.99. The lowest BCUT2D eigenvalue weighted by molar-refractivity contribution is 0.327. The van der Waals surface area contributed by atoms with Crippen molar-refractivity contribution in [2.24, 2.45) is 21.8 Å². The van der Waals surface area contributed by atoms with Crippen molar-refractivity contribution in [2.75, 3.05) is 0 Å². The first-order chi connectivity index (χ1) is 9.10. The van der Waals surface area contributed by atoms with Gasteiger partial charge in [0.05, 0.1) is 11.1 Å². The highest BCUT2D eigenvalue weighted by Gasteiger charge is 2.22. The zero-order valence-corrected chi connectivity index (χ0v) is 14.9. The SMILES string of the molecule is C=NC(C)(C)C(C)CCC/C=N/C(C)(C)CCC(C)C. The van der Waals surface area contributed by atoms with Gasteiger partial charge in [-0.25, -0.2) is 0 Å². The monoisotopic (exact) mass is 280 g/mol. The van der Waals surface area contributed by atoms with Gasteiger partial charge in [-0.05, 0) is 84.6 Å². The van der Waals surface area contributed by atoms with E-state index in [0.29, 0.717) is 5.92 Å². The summed E-state index contributed by atoms with van der Waals surface area (Å²) in [5.41, 5.74) is 0.0888. The molecule has 0 bridgehead atoms. The van der Waals surface area contributed by atoms with Crippen LogP contribution in [-0.4, -0.2) is 24.0 Å². The molecule has 1 atom stereocenters. The largest absolute Gasteiger partial charge is 0.295 e. The second-order valence-electron chi connectivity index (χ2n) is 7.70.